The first kappa shape index (κ1) is 34.4. The highest BCUT2D eigenvalue weighted by molar-refractivity contribution is 7.86. The number of pyridine rings is 1. The summed E-state index contributed by atoms with van der Waals surface area (Å²) in [6.45, 7) is 7.45. The summed E-state index contributed by atoms with van der Waals surface area (Å²) in [6.07, 6.45) is 6.15. The number of ether oxygens (including phenoxy) is 2. The molecule has 3 rings (SSSR count). The lowest BCUT2D eigenvalue weighted by molar-refractivity contribution is -0.686. The lowest BCUT2D eigenvalue weighted by atomic mass is 10.1. The number of rotatable bonds is 14. The molecule has 0 spiro atoms. The Morgan fingerprint density at radius 3 is 1.39 bits per heavy atom. The van der Waals surface area contributed by atoms with Crippen molar-refractivity contribution in [2.45, 2.75) is 57.9 Å². The highest BCUT2D eigenvalue weighted by Gasteiger charge is 2.36. The van der Waals surface area contributed by atoms with Gasteiger partial charge in [0.1, 0.15) is 7.05 Å². The molecule has 0 bridgehead atoms. The molecule has 2 aromatic carbocycles. The number of aryl methyl sites for hydroxylation is 4. The fraction of sp³-hybridized carbons (Fsp3) is 0.452. The molecule has 0 aliphatic carbocycles. The molecule has 0 aliphatic rings. The van der Waals surface area contributed by atoms with E-state index in [0.29, 0.717) is 0 Å². The molecule has 0 fully saturated rings. The topological polar surface area (TPSA) is 79.5 Å². The third kappa shape index (κ3) is 13.6. The minimum atomic E-state index is -6.09. The van der Waals surface area contributed by atoms with Gasteiger partial charge in [0.15, 0.2) is 21.5 Å². The molecule has 0 atom stereocenters. The lowest BCUT2D eigenvalue weighted by Crippen LogP contribution is -2.38. The fourth-order valence-corrected chi connectivity index (χ4v) is 3.98. The maximum Gasteiger partial charge on any atom is 0.485 e. The van der Waals surface area contributed by atoms with Crippen LogP contribution >= 0.6 is 0 Å². The SMILES string of the molecule is Cc1ccc(CCOCCCc2cccc(CCCOCCc3ccc(C)cc3)[n+]2C)cc1.O=S(=O)([O-])C(F)(F)F. The molecule has 6 nitrogen and oxygen atoms in total. The zero-order valence-corrected chi connectivity index (χ0v) is 24.8. The highest BCUT2D eigenvalue weighted by atomic mass is 32.2. The summed E-state index contributed by atoms with van der Waals surface area (Å²) in [5, 5.41) is 0. The first-order chi connectivity index (χ1) is 19.4. The second-order valence-corrected chi connectivity index (χ2v) is 11.2. The monoisotopic (exact) mass is 595 g/mol. The second kappa shape index (κ2) is 17.2. The van der Waals surface area contributed by atoms with Gasteiger partial charge < -0.3 is 14.0 Å². The van der Waals surface area contributed by atoms with Crippen molar-refractivity contribution < 1.29 is 40.2 Å². The Balaban J connectivity index is 0.000000642. The van der Waals surface area contributed by atoms with Crippen LogP contribution in [0.4, 0.5) is 13.2 Å². The Morgan fingerprint density at radius 1 is 0.683 bits per heavy atom. The Morgan fingerprint density at radius 2 is 1.05 bits per heavy atom. The molecular weight excluding hydrogens is 555 g/mol. The maximum absolute atomic E-state index is 10.7. The van der Waals surface area contributed by atoms with E-state index in [9.17, 15) is 13.2 Å². The van der Waals surface area contributed by atoms with E-state index in [-0.39, 0.29) is 0 Å². The molecule has 10 heteroatoms. The summed E-state index contributed by atoms with van der Waals surface area (Å²) in [6, 6.07) is 24.1. The molecule has 41 heavy (non-hydrogen) atoms. The van der Waals surface area contributed by atoms with E-state index in [1.165, 1.54) is 33.6 Å². The van der Waals surface area contributed by atoms with Crippen LogP contribution in [0.25, 0.3) is 0 Å². The Hall–Kier alpha value is -2.79. The maximum atomic E-state index is 10.7. The molecule has 226 valence electrons. The highest BCUT2D eigenvalue weighted by Crippen LogP contribution is 2.20. The quantitative estimate of drug-likeness (QED) is 0.106. The van der Waals surface area contributed by atoms with Gasteiger partial charge in [-0.2, -0.15) is 13.2 Å². The number of hydrogen-bond acceptors (Lipinski definition) is 5. The summed E-state index contributed by atoms with van der Waals surface area (Å²) >= 11 is 0. The van der Waals surface area contributed by atoms with E-state index >= 15 is 0 Å². The molecule has 0 radical (unpaired) electrons. The van der Waals surface area contributed by atoms with Crippen LogP contribution < -0.4 is 4.57 Å². The van der Waals surface area contributed by atoms with Gasteiger partial charge in [-0.05, 0) is 56.7 Å². The summed E-state index contributed by atoms with van der Waals surface area (Å²) in [5.41, 5.74) is 2.40. The Kier molecular flexibility index (Phi) is 14.5. The third-order valence-electron chi connectivity index (χ3n) is 6.48. The van der Waals surface area contributed by atoms with Crippen LogP contribution in [-0.4, -0.2) is 44.9 Å². The van der Waals surface area contributed by atoms with Gasteiger partial charge in [-0.1, -0.05) is 59.7 Å². The van der Waals surface area contributed by atoms with Crippen LogP contribution in [0.1, 0.15) is 46.5 Å². The van der Waals surface area contributed by atoms with E-state index in [1.807, 2.05) is 0 Å². The number of halogens is 3. The molecule has 0 N–H and O–H groups in total. The molecule has 0 saturated carbocycles. The minimum absolute atomic E-state index is 0.791. The van der Waals surface area contributed by atoms with Gasteiger partial charge in [0.05, 0.1) is 13.2 Å². The van der Waals surface area contributed by atoms with Crippen LogP contribution in [-0.2, 0) is 52.3 Å². The van der Waals surface area contributed by atoms with Crippen molar-refractivity contribution in [3.05, 3.63) is 100 Å². The van der Waals surface area contributed by atoms with E-state index < -0.39 is 15.6 Å². The fourth-order valence-electron chi connectivity index (χ4n) is 3.98. The summed E-state index contributed by atoms with van der Waals surface area (Å²) in [5.74, 6) is 0. The number of alkyl halides is 3. The number of hydrogen-bond donors (Lipinski definition) is 0. The summed E-state index contributed by atoms with van der Waals surface area (Å²) < 4.78 is 73.0. The second-order valence-electron chi connectivity index (χ2n) is 9.87. The first-order valence-corrected chi connectivity index (χ1v) is 15.0. The van der Waals surface area contributed by atoms with Crippen LogP contribution in [0, 0.1) is 13.8 Å². The molecule has 0 saturated heterocycles. The predicted molar refractivity (Wildman–Crippen MR) is 151 cm³/mol. The standard InChI is InChI=1S/C30H40NO2.CHF3O3S/c1-25-11-15-27(16-12-25)19-23-32-21-5-9-29-7-4-8-30(31(29)3)10-6-22-33-24-20-28-17-13-26(2)14-18-28;2-1(3,4)8(5,6)7/h4,7-8,11-18H,5-6,9-10,19-24H2,1-3H3;(H,5,6,7)/q+1;/p-1. The average Bonchev–Trinajstić information content (AvgIpc) is 2.91. The van der Waals surface area contributed by atoms with Crippen molar-refractivity contribution in [1.82, 2.24) is 0 Å². The van der Waals surface area contributed by atoms with Crippen molar-refractivity contribution in [1.29, 1.82) is 0 Å². The largest absolute Gasteiger partial charge is 0.741 e. The Labute approximate surface area is 241 Å². The van der Waals surface area contributed by atoms with Gasteiger partial charge in [0.25, 0.3) is 0 Å². The van der Waals surface area contributed by atoms with Crippen molar-refractivity contribution >= 4 is 10.1 Å². The zero-order chi connectivity index (χ0) is 30.3. The molecule has 0 amide bonds. The van der Waals surface area contributed by atoms with Crippen LogP contribution in [0.15, 0.2) is 66.7 Å². The Bertz CT molecular complexity index is 1200. The smallest absolute Gasteiger partial charge is 0.485 e. The molecule has 0 unspecified atom stereocenters. The normalized spacial score (nSPS) is 11.7. The van der Waals surface area contributed by atoms with Gasteiger partial charge in [-0.3, -0.25) is 0 Å². The van der Waals surface area contributed by atoms with E-state index in [1.54, 1.807) is 0 Å². The average molecular weight is 596 g/mol. The predicted octanol–water partition coefficient (Wildman–Crippen LogP) is 5.56. The number of aromatic nitrogens is 1. The van der Waals surface area contributed by atoms with Gasteiger partial charge >= 0.3 is 5.51 Å². The number of nitrogens with zero attached hydrogens (tertiary/aromatic N) is 1. The third-order valence-corrected chi connectivity index (χ3v) is 7.04. The number of benzene rings is 2. The molecule has 0 aliphatic heterocycles. The van der Waals surface area contributed by atoms with Gasteiger partial charge in [-0.25, -0.2) is 13.0 Å². The van der Waals surface area contributed by atoms with E-state index in [4.69, 9.17) is 22.4 Å². The van der Waals surface area contributed by atoms with Gasteiger partial charge in [0, 0.05) is 38.2 Å². The van der Waals surface area contributed by atoms with Crippen LogP contribution in [0.5, 0.6) is 0 Å². The minimum Gasteiger partial charge on any atom is -0.741 e. The zero-order valence-electron chi connectivity index (χ0n) is 24.0. The summed E-state index contributed by atoms with van der Waals surface area (Å²) in [4.78, 5) is 0. The van der Waals surface area contributed by atoms with Crippen LogP contribution in [0.3, 0.4) is 0 Å². The molecular formula is C31H40F3NO5S. The lowest BCUT2D eigenvalue weighted by Gasteiger charge is -2.08. The van der Waals surface area contributed by atoms with Gasteiger partial charge in [0.2, 0.25) is 0 Å². The molecule has 3 aromatic rings. The van der Waals surface area contributed by atoms with Crippen molar-refractivity contribution in [3.8, 4) is 0 Å². The molecule has 1 heterocycles. The van der Waals surface area contributed by atoms with E-state index in [0.717, 1.165) is 65.0 Å². The first-order valence-electron chi connectivity index (χ1n) is 13.6. The van der Waals surface area contributed by atoms with Gasteiger partial charge in [-0.15, -0.1) is 0 Å². The molecule has 1 aromatic heterocycles. The summed E-state index contributed by atoms with van der Waals surface area (Å²) in [7, 11) is -3.91. The van der Waals surface area contributed by atoms with Crippen molar-refractivity contribution in [2.75, 3.05) is 26.4 Å². The van der Waals surface area contributed by atoms with Crippen molar-refractivity contribution in [2.24, 2.45) is 7.05 Å². The van der Waals surface area contributed by atoms with E-state index in [2.05, 4.69) is 92.2 Å². The van der Waals surface area contributed by atoms with Crippen LogP contribution in [0.2, 0.25) is 0 Å². The van der Waals surface area contributed by atoms with Crippen molar-refractivity contribution in [3.63, 3.8) is 0 Å².